The standard InChI is InChI=1S/C19H21NO4S/c1-24-19(21)17-11-13-20(14-12-17)25(22,23)18-9-7-16(8-10-18)15-5-3-2-4-6-15/h2-10,17H,11-14H2,1H3. The van der Waals surface area contributed by atoms with Gasteiger partial charge in [0.05, 0.1) is 17.9 Å². The van der Waals surface area contributed by atoms with Crippen LogP contribution >= 0.6 is 0 Å². The third-order valence-electron chi connectivity index (χ3n) is 4.59. The molecule has 0 bridgehead atoms. The van der Waals surface area contributed by atoms with Gasteiger partial charge in [-0.2, -0.15) is 4.31 Å². The highest BCUT2D eigenvalue weighted by Gasteiger charge is 2.32. The van der Waals surface area contributed by atoms with E-state index in [2.05, 4.69) is 0 Å². The second-order valence-corrected chi connectivity index (χ2v) is 8.03. The van der Waals surface area contributed by atoms with Gasteiger partial charge in [-0.15, -0.1) is 0 Å². The summed E-state index contributed by atoms with van der Waals surface area (Å²) in [4.78, 5) is 11.9. The number of esters is 1. The minimum Gasteiger partial charge on any atom is -0.469 e. The van der Waals surface area contributed by atoms with E-state index in [4.69, 9.17) is 4.74 Å². The predicted octanol–water partition coefficient (Wildman–Crippen LogP) is 2.93. The first kappa shape index (κ1) is 17.6. The number of ether oxygens (including phenoxy) is 1. The fourth-order valence-electron chi connectivity index (χ4n) is 3.10. The Morgan fingerprint density at radius 2 is 1.52 bits per heavy atom. The zero-order chi connectivity index (χ0) is 17.9. The third kappa shape index (κ3) is 3.75. The molecule has 1 fully saturated rings. The van der Waals surface area contributed by atoms with Crippen LogP contribution < -0.4 is 0 Å². The Bertz CT molecular complexity index is 823. The summed E-state index contributed by atoms with van der Waals surface area (Å²) in [6.07, 6.45) is 0.988. The second-order valence-electron chi connectivity index (χ2n) is 6.09. The molecule has 0 aliphatic carbocycles. The third-order valence-corrected chi connectivity index (χ3v) is 6.50. The average Bonchev–Trinajstić information content (AvgIpc) is 2.68. The van der Waals surface area contributed by atoms with E-state index in [1.807, 2.05) is 42.5 Å². The number of rotatable bonds is 4. The molecular formula is C19H21NO4S. The van der Waals surface area contributed by atoms with E-state index in [1.54, 1.807) is 12.1 Å². The lowest BCUT2D eigenvalue weighted by Crippen LogP contribution is -2.40. The molecule has 132 valence electrons. The number of hydrogen-bond donors (Lipinski definition) is 0. The van der Waals surface area contributed by atoms with E-state index < -0.39 is 10.0 Å². The lowest BCUT2D eigenvalue weighted by molar-refractivity contribution is -0.146. The minimum absolute atomic E-state index is 0.211. The highest BCUT2D eigenvalue weighted by molar-refractivity contribution is 7.89. The molecule has 0 amide bonds. The smallest absolute Gasteiger partial charge is 0.308 e. The summed E-state index contributed by atoms with van der Waals surface area (Å²) in [6, 6.07) is 16.8. The van der Waals surface area contributed by atoms with E-state index in [0.717, 1.165) is 11.1 Å². The second kappa shape index (κ2) is 7.37. The maximum absolute atomic E-state index is 12.8. The maximum Gasteiger partial charge on any atom is 0.308 e. The summed E-state index contributed by atoms with van der Waals surface area (Å²) in [6.45, 7) is 0.672. The van der Waals surface area contributed by atoms with Gasteiger partial charge in [0.1, 0.15) is 0 Å². The van der Waals surface area contributed by atoms with Gasteiger partial charge >= 0.3 is 5.97 Å². The van der Waals surface area contributed by atoms with E-state index in [1.165, 1.54) is 11.4 Å². The normalized spacial score (nSPS) is 16.5. The highest BCUT2D eigenvalue weighted by Crippen LogP contribution is 2.26. The van der Waals surface area contributed by atoms with Crippen LogP contribution in [-0.2, 0) is 19.6 Å². The molecule has 0 saturated carbocycles. The van der Waals surface area contributed by atoms with Crippen molar-refractivity contribution in [2.45, 2.75) is 17.7 Å². The molecule has 0 radical (unpaired) electrons. The van der Waals surface area contributed by atoms with Gasteiger partial charge in [0.2, 0.25) is 10.0 Å². The Kier molecular flexibility index (Phi) is 5.20. The molecule has 1 aliphatic heterocycles. The van der Waals surface area contributed by atoms with E-state index in [-0.39, 0.29) is 16.8 Å². The van der Waals surface area contributed by atoms with Crippen LogP contribution in [0.25, 0.3) is 11.1 Å². The van der Waals surface area contributed by atoms with Gasteiger partial charge in [-0.3, -0.25) is 4.79 Å². The lowest BCUT2D eigenvalue weighted by atomic mass is 9.99. The van der Waals surface area contributed by atoms with Crippen molar-refractivity contribution in [1.82, 2.24) is 4.31 Å². The Labute approximate surface area is 148 Å². The molecule has 1 aliphatic rings. The first-order valence-electron chi connectivity index (χ1n) is 8.26. The molecule has 1 saturated heterocycles. The fraction of sp³-hybridized carbons (Fsp3) is 0.316. The van der Waals surface area contributed by atoms with Crippen LogP contribution in [-0.4, -0.2) is 38.9 Å². The first-order valence-corrected chi connectivity index (χ1v) is 9.70. The van der Waals surface area contributed by atoms with Crippen molar-refractivity contribution in [3.63, 3.8) is 0 Å². The molecule has 0 unspecified atom stereocenters. The van der Waals surface area contributed by atoms with Crippen LogP contribution in [0.3, 0.4) is 0 Å². The maximum atomic E-state index is 12.8. The SMILES string of the molecule is COC(=O)C1CCN(S(=O)(=O)c2ccc(-c3ccccc3)cc2)CC1. The molecular weight excluding hydrogens is 338 g/mol. The molecule has 25 heavy (non-hydrogen) atoms. The summed E-state index contributed by atoms with van der Waals surface area (Å²) >= 11 is 0. The van der Waals surface area contributed by atoms with Gasteiger partial charge in [0.15, 0.2) is 0 Å². The minimum atomic E-state index is -3.54. The molecule has 5 nitrogen and oxygen atoms in total. The van der Waals surface area contributed by atoms with E-state index in [9.17, 15) is 13.2 Å². The van der Waals surface area contributed by atoms with Gasteiger partial charge in [0.25, 0.3) is 0 Å². The van der Waals surface area contributed by atoms with Crippen molar-refractivity contribution in [3.05, 3.63) is 54.6 Å². The summed E-state index contributed by atoms with van der Waals surface area (Å²) < 4.78 is 31.8. The van der Waals surface area contributed by atoms with Crippen molar-refractivity contribution in [1.29, 1.82) is 0 Å². The van der Waals surface area contributed by atoms with Crippen LogP contribution in [0, 0.1) is 5.92 Å². The zero-order valence-corrected chi connectivity index (χ0v) is 14.9. The number of piperidine rings is 1. The van der Waals surface area contributed by atoms with Crippen molar-refractivity contribution >= 4 is 16.0 Å². The molecule has 3 rings (SSSR count). The van der Waals surface area contributed by atoms with Crippen molar-refractivity contribution in [3.8, 4) is 11.1 Å². The molecule has 1 heterocycles. The Morgan fingerprint density at radius 3 is 2.08 bits per heavy atom. The highest BCUT2D eigenvalue weighted by atomic mass is 32.2. The van der Waals surface area contributed by atoms with Crippen molar-refractivity contribution in [2.75, 3.05) is 20.2 Å². The molecule has 0 atom stereocenters. The number of methoxy groups -OCH3 is 1. The van der Waals surface area contributed by atoms with Crippen LogP contribution in [0.15, 0.2) is 59.5 Å². The summed E-state index contributed by atoms with van der Waals surface area (Å²) in [5.41, 5.74) is 2.02. The topological polar surface area (TPSA) is 63.7 Å². The van der Waals surface area contributed by atoms with Crippen LogP contribution in [0.4, 0.5) is 0 Å². The quantitative estimate of drug-likeness (QED) is 0.788. The molecule has 6 heteroatoms. The van der Waals surface area contributed by atoms with E-state index >= 15 is 0 Å². The summed E-state index contributed by atoms with van der Waals surface area (Å²) in [5, 5.41) is 0. The molecule has 2 aromatic carbocycles. The Balaban J connectivity index is 1.74. The van der Waals surface area contributed by atoms with Gasteiger partial charge in [-0.1, -0.05) is 42.5 Å². The van der Waals surface area contributed by atoms with Gasteiger partial charge in [0, 0.05) is 13.1 Å². The van der Waals surface area contributed by atoms with Crippen LogP contribution in [0.2, 0.25) is 0 Å². The molecule has 2 aromatic rings. The average molecular weight is 359 g/mol. The molecule has 0 spiro atoms. The number of benzene rings is 2. The predicted molar refractivity (Wildman–Crippen MR) is 95.4 cm³/mol. The molecule has 0 aromatic heterocycles. The van der Waals surface area contributed by atoms with Gasteiger partial charge < -0.3 is 4.74 Å². The van der Waals surface area contributed by atoms with Gasteiger partial charge in [-0.05, 0) is 36.1 Å². The first-order chi connectivity index (χ1) is 12.0. The molecule has 0 N–H and O–H groups in total. The van der Waals surface area contributed by atoms with Crippen LogP contribution in [0.5, 0.6) is 0 Å². The van der Waals surface area contributed by atoms with Crippen LogP contribution in [0.1, 0.15) is 12.8 Å². The Hall–Kier alpha value is -2.18. The number of sulfonamides is 1. The van der Waals surface area contributed by atoms with Gasteiger partial charge in [-0.25, -0.2) is 8.42 Å². The van der Waals surface area contributed by atoms with Crippen molar-refractivity contribution < 1.29 is 17.9 Å². The number of carbonyl (C=O) groups is 1. The Morgan fingerprint density at radius 1 is 0.960 bits per heavy atom. The number of carbonyl (C=O) groups excluding carboxylic acids is 1. The van der Waals surface area contributed by atoms with Crippen molar-refractivity contribution in [2.24, 2.45) is 5.92 Å². The lowest BCUT2D eigenvalue weighted by Gasteiger charge is -2.29. The number of nitrogens with zero attached hydrogens (tertiary/aromatic N) is 1. The fourth-order valence-corrected chi connectivity index (χ4v) is 4.57. The zero-order valence-electron chi connectivity index (χ0n) is 14.1. The number of hydrogen-bond acceptors (Lipinski definition) is 4. The summed E-state index contributed by atoms with van der Waals surface area (Å²) in [7, 11) is -2.17. The monoisotopic (exact) mass is 359 g/mol. The summed E-state index contributed by atoms with van der Waals surface area (Å²) in [5.74, 6) is -0.471. The van der Waals surface area contributed by atoms with E-state index in [0.29, 0.717) is 25.9 Å². The largest absolute Gasteiger partial charge is 0.469 e.